The van der Waals surface area contributed by atoms with E-state index in [-0.39, 0.29) is 17.2 Å². The number of piperidine rings is 1. The average Bonchev–Trinajstić information content (AvgIpc) is 2.88. The van der Waals surface area contributed by atoms with Crippen LogP contribution < -0.4 is 5.32 Å². The largest absolute Gasteiger partial charge is 0.359 e. The molecule has 1 fully saturated rings. The highest BCUT2D eigenvalue weighted by Gasteiger charge is 2.46. The quantitative estimate of drug-likeness (QED) is 0.913. The van der Waals surface area contributed by atoms with Crippen molar-refractivity contribution in [2.45, 2.75) is 57.3 Å². The molecule has 1 aliphatic carbocycles. The molecule has 136 valence electrons. The van der Waals surface area contributed by atoms with Crippen LogP contribution in [0.15, 0.2) is 24.3 Å². The second kappa shape index (κ2) is 7.19. The van der Waals surface area contributed by atoms with Gasteiger partial charge in [-0.2, -0.15) is 0 Å². The predicted molar refractivity (Wildman–Crippen MR) is 99.4 cm³/mol. The van der Waals surface area contributed by atoms with Gasteiger partial charge >= 0.3 is 0 Å². The van der Waals surface area contributed by atoms with E-state index in [4.69, 9.17) is 0 Å². The average molecular weight is 342 g/mol. The highest BCUT2D eigenvalue weighted by molar-refractivity contribution is 5.77. The fourth-order valence-electron chi connectivity index (χ4n) is 4.67. The number of rotatable bonds is 4. The number of fused-ring (bicyclic) bond motifs is 2. The van der Waals surface area contributed by atoms with Gasteiger partial charge in [0.05, 0.1) is 0 Å². The summed E-state index contributed by atoms with van der Waals surface area (Å²) >= 11 is 0. The lowest BCUT2D eigenvalue weighted by Gasteiger charge is -2.40. The Bertz CT molecular complexity index is 645. The van der Waals surface area contributed by atoms with Crippen molar-refractivity contribution in [3.05, 3.63) is 35.4 Å². The highest BCUT2D eigenvalue weighted by Crippen LogP contribution is 2.52. The molecule has 25 heavy (non-hydrogen) atoms. The minimum Gasteiger partial charge on any atom is -0.359 e. The van der Waals surface area contributed by atoms with Crippen LogP contribution in [0.2, 0.25) is 0 Å². The molecule has 1 spiro atoms. The van der Waals surface area contributed by atoms with E-state index in [1.165, 1.54) is 11.1 Å². The molecule has 0 bridgehead atoms. The molecule has 2 aliphatic rings. The number of nitrogens with one attached hydrogen (secondary N) is 1. The highest BCUT2D eigenvalue weighted by atomic mass is 16.2. The van der Waals surface area contributed by atoms with Crippen molar-refractivity contribution in [1.29, 1.82) is 0 Å². The van der Waals surface area contributed by atoms with Crippen molar-refractivity contribution >= 4 is 11.8 Å². The molecule has 1 aromatic rings. The summed E-state index contributed by atoms with van der Waals surface area (Å²) < 4.78 is 0. The lowest BCUT2D eigenvalue weighted by atomic mass is 9.73. The van der Waals surface area contributed by atoms with Crippen molar-refractivity contribution in [3.63, 3.8) is 0 Å². The van der Waals surface area contributed by atoms with Crippen LogP contribution in [0.4, 0.5) is 0 Å². The van der Waals surface area contributed by atoms with Gasteiger partial charge in [0.25, 0.3) is 0 Å². The van der Waals surface area contributed by atoms with Crippen LogP contribution in [-0.4, -0.2) is 36.9 Å². The van der Waals surface area contributed by atoms with Crippen LogP contribution in [0.25, 0.3) is 0 Å². The Balaban J connectivity index is 1.75. The molecule has 1 saturated heterocycles. The van der Waals surface area contributed by atoms with Crippen molar-refractivity contribution < 1.29 is 9.59 Å². The molecular formula is C21H30N2O2. The molecule has 1 atom stereocenters. The summed E-state index contributed by atoms with van der Waals surface area (Å²) in [6, 6.07) is 8.62. The van der Waals surface area contributed by atoms with E-state index in [0.29, 0.717) is 24.7 Å². The minimum absolute atomic E-state index is 0.112. The standard InChI is InChI=1S/C21H30N2O2/c1-15(2)12-20(25)23-10-8-21(9-11-23)14-16(13-19(24)22-3)17-6-4-5-7-18(17)21/h4-7,15-16H,8-14H2,1-3H3,(H,22,24). The topological polar surface area (TPSA) is 49.4 Å². The summed E-state index contributed by atoms with van der Waals surface area (Å²) in [4.78, 5) is 26.3. The van der Waals surface area contributed by atoms with Crippen LogP contribution in [-0.2, 0) is 15.0 Å². The lowest BCUT2D eigenvalue weighted by molar-refractivity contribution is -0.133. The molecule has 1 aromatic carbocycles. The summed E-state index contributed by atoms with van der Waals surface area (Å²) in [6.45, 7) is 5.87. The molecule has 1 N–H and O–H groups in total. The number of benzene rings is 1. The maximum Gasteiger partial charge on any atom is 0.222 e. The Hall–Kier alpha value is -1.84. The van der Waals surface area contributed by atoms with E-state index in [0.717, 1.165) is 32.4 Å². The molecule has 0 aromatic heterocycles. The maximum atomic E-state index is 12.4. The first-order valence-corrected chi connectivity index (χ1v) is 9.53. The number of nitrogens with zero attached hydrogens (tertiary/aromatic N) is 1. The molecular weight excluding hydrogens is 312 g/mol. The first kappa shape index (κ1) is 18.0. The smallest absolute Gasteiger partial charge is 0.222 e. The first-order chi connectivity index (χ1) is 11.9. The van der Waals surface area contributed by atoms with Gasteiger partial charge in [0.15, 0.2) is 0 Å². The van der Waals surface area contributed by atoms with Crippen LogP contribution in [0.3, 0.4) is 0 Å². The van der Waals surface area contributed by atoms with Crippen molar-refractivity contribution in [2.24, 2.45) is 5.92 Å². The molecule has 2 amide bonds. The maximum absolute atomic E-state index is 12.4. The van der Waals surface area contributed by atoms with Gasteiger partial charge in [-0.3, -0.25) is 9.59 Å². The Kier molecular flexibility index (Phi) is 5.16. The second-order valence-electron chi connectivity index (χ2n) is 8.12. The predicted octanol–water partition coefficient (Wildman–Crippen LogP) is 3.22. The van der Waals surface area contributed by atoms with Gasteiger partial charge in [-0.25, -0.2) is 0 Å². The molecule has 0 saturated carbocycles. The third-order valence-corrected chi connectivity index (χ3v) is 5.98. The number of hydrogen-bond donors (Lipinski definition) is 1. The van der Waals surface area contributed by atoms with E-state index < -0.39 is 0 Å². The fourth-order valence-corrected chi connectivity index (χ4v) is 4.67. The van der Waals surface area contributed by atoms with Gasteiger partial charge in [-0.05, 0) is 47.6 Å². The molecule has 1 unspecified atom stereocenters. The van der Waals surface area contributed by atoms with E-state index in [1.807, 2.05) is 4.90 Å². The number of amides is 2. The van der Waals surface area contributed by atoms with E-state index in [9.17, 15) is 9.59 Å². The third kappa shape index (κ3) is 3.58. The van der Waals surface area contributed by atoms with E-state index in [2.05, 4.69) is 43.4 Å². The zero-order valence-corrected chi connectivity index (χ0v) is 15.7. The van der Waals surface area contributed by atoms with Gasteiger partial charge in [0.2, 0.25) is 11.8 Å². The van der Waals surface area contributed by atoms with Crippen LogP contribution in [0.5, 0.6) is 0 Å². The number of carbonyl (C=O) groups is 2. The molecule has 1 heterocycles. The molecule has 4 nitrogen and oxygen atoms in total. The number of likely N-dealkylation sites (tertiary alicyclic amines) is 1. The van der Waals surface area contributed by atoms with Gasteiger partial charge in [-0.1, -0.05) is 38.1 Å². The van der Waals surface area contributed by atoms with E-state index in [1.54, 1.807) is 7.05 Å². The Morgan fingerprint density at radius 2 is 1.92 bits per heavy atom. The molecule has 3 rings (SSSR count). The van der Waals surface area contributed by atoms with Gasteiger partial charge < -0.3 is 10.2 Å². The van der Waals surface area contributed by atoms with Crippen molar-refractivity contribution in [1.82, 2.24) is 10.2 Å². The number of hydrogen-bond acceptors (Lipinski definition) is 2. The minimum atomic E-state index is 0.112. The normalized spacial score (nSPS) is 21.4. The first-order valence-electron chi connectivity index (χ1n) is 9.53. The molecule has 1 aliphatic heterocycles. The zero-order valence-electron chi connectivity index (χ0n) is 15.7. The van der Waals surface area contributed by atoms with Crippen molar-refractivity contribution in [3.8, 4) is 0 Å². The van der Waals surface area contributed by atoms with Crippen LogP contribution >= 0.6 is 0 Å². The zero-order chi connectivity index (χ0) is 18.0. The monoisotopic (exact) mass is 342 g/mol. The van der Waals surface area contributed by atoms with Crippen LogP contribution in [0, 0.1) is 5.92 Å². The summed E-state index contributed by atoms with van der Waals surface area (Å²) in [7, 11) is 1.71. The summed E-state index contributed by atoms with van der Waals surface area (Å²) in [5.41, 5.74) is 2.90. The third-order valence-electron chi connectivity index (χ3n) is 5.98. The van der Waals surface area contributed by atoms with Gasteiger partial charge in [-0.15, -0.1) is 0 Å². The van der Waals surface area contributed by atoms with Crippen molar-refractivity contribution in [2.75, 3.05) is 20.1 Å². The SMILES string of the molecule is CNC(=O)CC1CC2(CCN(C(=O)CC(C)C)CC2)c2ccccc21. The van der Waals surface area contributed by atoms with E-state index >= 15 is 0 Å². The van der Waals surface area contributed by atoms with Crippen LogP contribution in [0.1, 0.15) is 63.0 Å². The Labute approximate surface area is 151 Å². The summed E-state index contributed by atoms with van der Waals surface area (Å²) in [5, 5.41) is 2.76. The van der Waals surface area contributed by atoms with Gasteiger partial charge in [0, 0.05) is 33.0 Å². The molecule has 0 radical (unpaired) electrons. The lowest BCUT2D eigenvalue weighted by Crippen LogP contribution is -2.44. The second-order valence-corrected chi connectivity index (χ2v) is 8.12. The fraction of sp³-hybridized carbons (Fsp3) is 0.619. The number of carbonyl (C=O) groups excluding carboxylic acids is 2. The summed E-state index contributed by atoms with van der Waals surface area (Å²) in [6.07, 6.45) is 4.26. The Morgan fingerprint density at radius 1 is 1.24 bits per heavy atom. The Morgan fingerprint density at radius 3 is 2.56 bits per heavy atom. The van der Waals surface area contributed by atoms with Gasteiger partial charge in [0.1, 0.15) is 0 Å². The molecule has 4 heteroatoms. The summed E-state index contributed by atoms with van der Waals surface area (Å²) in [5.74, 6) is 1.11.